The Kier molecular flexibility index (Phi) is 15.5. The standard InChI is InChI=1S/C39H59N5O8S/c1-11-23(4)33(40)36(47)43(8)31(22(2)3)20-32(52-25(6)45)35-42-29(21-53-35)34(46)41-28(18-24(5)37(48)51-10)19-26-12-14-27(15-13-26)30-16-17-39(7,38(49)50)44(30)9/h12-15,21-24,28,30-33H,11,16-20,40H2,1-10H3,(H,41,46)(H,49,50)/t23-,24-,28+,30?,31+,32+,33-,39+/m0/s1. The number of carboxylic acids is 1. The molecule has 1 fully saturated rings. The van der Waals surface area contributed by atoms with Gasteiger partial charge in [0.1, 0.15) is 16.2 Å². The highest BCUT2D eigenvalue weighted by Crippen LogP contribution is 2.41. The first-order valence-electron chi connectivity index (χ1n) is 18.4. The number of carboxylic acid groups (broad SMARTS) is 1. The van der Waals surface area contributed by atoms with Gasteiger partial charge in [-0.1, -0.05) is 65.3 Å². The van der Waals surface area contributed by atoms with Crippen molar-refractivity contribution in [3.63, 3.8) is 0 Å². The van der Waals surface area contributed by atoms with Crippen LogP contribution in [0.25, 0.3) is 0 Å². The van der Waals surface area contributed by atoms with E-state index in [-0.39, 0.29) is 41.9 Å². The zero-order valence-corrected chi connectivity index (χ0v) is 33.7. The Morgan fingerprint density at radius 3 is 2.30 bits per heavy atom. The molecule has 0 aliphatic carbocycles. The SMILES string of the molecule is CC[C@H](C)[C@H](N)C(=O)N(C)[C@H](C[C@@H](OC(C)=O)c1nc(C(=O)N[C@@H](Cc2ccc(C3CC[C@](C)(C(=O)O)N3C)cc2)C[C@H](C)C(=O)OC)cs1)C(C)C. The Morgan fingerprint density at radius 1 is 1.13 bits per heavy atom. The lowest BCUT2D eigenvalue weighted by atomic mass is 9.93. The van der Waals surface area contributed by atoms with Crippen LogP contribution in [0.3, 0.4) is 0 Å². The van der Waals surface area contributed by atoms with Crippen molar-refractivity contribution < 1.29 is 38.6 Å². The molecule has 2 heterocycles. The van der Waals surface area contributed by atoms with E-state index < -0.39 is 53.5 Å². The molecule has 8 atom stereocenters. The highest BCUT2D eigenvalue weighted by Gasteiger charge is 2.46. The maximum absolute atomic E-state index is 13.7. The lowest BCUT2D eigenvalue weighted by Gasteiger charge is -2.35. The number of nitrogens with two attached hydrogens (primary N) is 1. The van der Waals surface area contributed by atoms with Crippen molar-refractivity contribution in [2.75, 3.05) is 21.2 Å². The van der Waals surface area contributed by atoms with E-state index in [4.69, 9.17) is 15.2 Å². The zero-order chi connectivity index (χ0) is 39.8. The number of methoxy groups -OCH3 is 1. The summed E-state index contributed by atoms with van der Waals surface area (Å²) in [6, 6.07) is 6.43. The number of carbonyl (C=O) groups excluding carboxylic acids is 4. The largest absolute Gasteiger partial charge is 0.480 e. The zero-order valence-electron chi connectivity index (χ0n) is 32.9. The van der Waals surface area contributed by atoms with Gasteiger partial charge in [0.2, 0.25) is 5.91 Å². The number of likely N-dealkylation sites (N-methyl/N-ethyl adjacent to an activating group) is 2. The maximum atomic E-state index is 13.7. The van der Waals surface area contributed by atoms with E-state index >= 15 is 0 Å². The van der Waals surface area contributed by atoms with Crippen molar-refractivity contribution in [3.05, 3.63) is 51.5 Å². The minimum Gasteiger partial charge on any atom is -0.480 e. The van der Waals surface area contributed by atoms with Crippen molar-refractivity contribution in [3.8, 4) is 0 Å². The van der Waals surface area contributed by atoms with Crippen LogP contribution in [0.2, 0.25) is 0 Å². The van der Waals surface area contributed by atoms with Crippen molar-refractivity contribution in [1.29, 1.82) is 0 Å². The van der Waals surface area contributed by atoms with Crippen LogP contribution < -0.4 is 11.1 Å². The second-order valence-corrected chi connectivity index (χ2v) is 16.0. The van der Waals surface area contributed by atoms with E-state index in [0.29, 0.717) is 24.3 Å². The summed E-state index contributed by atoms with van der Waals surface area (Å²) in [5, 5.41) is 14.9. The summed E-state index contributed by atoms with van der Waals surface area (Å²) in [7, 11) is 4.88. The molecule has 294 valence electrons. The Bertz CT molecular complexity index is 1580. The number of amides is 2. The summed E-state index contributed by atoms with van der Waals surface area (Å²) in [5.74, 6) is -2.87. The van der Waals surface area contributed by atoms with Crippen LogP contribution in [-0.2, 0) is 35.1 Å². The molecule has 1 saturated heterocycles. The molecular weight excluding hydrogens is 699 g/mol. The average Bonchev–Trinajstić information content (AvgIpc) is 3.73. The molecule has 14 heteroatoms. The predicted molar refractivity (Wildman–Crippen MR) is 203 cm³/mol. The smallest absolute Gasteiger partial charge is 0.323 e. The third-order valence-corrected chi connectivity index (χ3v) is 11.9. The maximum Gasteiger partial charge on any atom is 0.323 e. The first kappa shape index (κ1) is 43.5. The van der Waals surface area contributed by atoms with Gasteiger partial charge in [-0.15, -0.1) is 11.3 Å². The van der Waals surface area contributed by atoms with Crippen LogP contribution in [0.5, 0.6) is 0 Å². The van der Waals surface area contributed by atoms with Gasteiger partial charge in [-0.25, -0.2) is 4.98 Å². The molecule has 13 nitrogen and oxygen atoms in total. The van der Waals surface area contributed by atoms with Gasteiger partial charge in [0, 0.05) is 43.9 Å². The summed E-state index contributed by atoms with van der Waals surface area (Å²) >= 11 is 1.19. The number of esters is 2. The Labute approximate surface area is 318 Å². The first-order valence-corrected chi connectivity index (χ1v) is 19.3. The number of aromatic nitrogens is 1. The van der Waals surface area contributed by atoms with E-state index in [2.05, 4.69) is 10.3 Å². The molecule has 2 aromatic rings. The van der Waals surface area contributed by atoms with Gasteiger partial charge in [-0.3, -0.25) is 28.9 Å². The normalized spacial score (nSPS) is 20.9. The molecule has 4 N–H and O–H groups in total. The minimum atomic E-state index is -0.927. The number of likely N-dealkylation sites (tertiary alicyclic amines) is 1. The topological polar surface area (TPSA) is 181 Å². The number of thiazole rings is 1. The lowest BCUT2D eigenvalue weighted by molar-refractivity contribution is -0.149. The van der Waals surface area contributed by atoms with Crippen molar-refractivity contribution in [1.82, 2.24) is 20.1 Å². The third-order valence-electron chi connectivity index (χ3n) is 11.0. The Hall–Kier alpha value is -3.88. The minimum absolute atomic E-state index is 0.00270. The van der Waals surface area contributed by atoms with Gasteiger partial charge < -0.3 is 30.5 Å². The van der Waals surface area contributed by atoms with Gasteiger partial charge in [0.05, 0.1) is 19.1 Å². The van der Waals surface area contributed by atoms with E-state index in [1.807, 2.05) is 63.9 Å². The van der Waals surface area contributed by atoms with Gasteiger partial charge in [0.15, 0.2) is 6.10 Å². The molecule has 0 saturated carbocycles. The van der Waals surface area contributed by atoms with Gasteiger partial charge >= 0.3 is 17.9 Å². The second kappa shape index (κ2) is 18.9. The fraction of sp³-hybridized carbons (Fsp3) is 0.641. The molecule has 3 rings (SSSR count). The van der Waals surface area contributed by atoms with Crippen LogP contribution in [0, 0.1) is 17.8 Å². The summed E-state index contributed by atoms with van der Waals surface area (Å²) in [5.41, 5.74) is 7.44. The number of benzene rings is 1. The molecule has 1 aliphatic heterocycles. The van der Waals surface area contributed by atoms with Gasteiger partial charge in [-0.05, 0) is 62.6 Å². The lowest BCUT2D eigenvalue weighted by Crippen LogP contribution is -2.51. The quantitative estimate of drug-likeness (QED) is 0.171. The highest BCUT2D eigenvalue weighted by atomic mass is 32.1. The Balaban J connectivity index is 1.81. The molecule has 0 radical (unpaired) electrons. The summed E-state index contributed by atoms with van der Waals surface area (Å²) in [6.45, 7) is 12.7. The predicted octanol–water partition coefficient (Wildman–Crippen LogP) is 5.14. The van der Waals surface area contributed by atoms with E-state index in [1.165, 1.54) is 25.4 Å². The van der Waals surface area contributed by atoms with Crippen LogP contribution in [-0.4, -0.2) is 94.5 Å². The van der Waals surface area contributed by atoms with Gasteiger partial charge in [-0.2, -0.15) is 0 Å². The first-order chi connectivity index (χ1) is 24.8. The number of hydrogen-bond acceptors (Lipinski definition) is 11. The van der Waals surface area contributed by atoms with Crippen LogP contribution >= 0.6 is 11.3 Å². The van der Waals surface area contributed by atoms with E-state index in [1.54, 1.807) is 31.2 Å². The molecule has 1 aliphatic rings. The number of rotatable bonds is 18. The third kappa shape index (κ3) is 10.9. The highest BCUT2D eigenvalue weighted by molar-refractivity contribution is 7.09. The molecule has 2 amide bonds. The number of aliphatic carboxylic acids is 1. The molecule has 0 bridgehead atoms. The van der Waals surface area contributed by atoms with E-state index in [9.17, 15) is 29.1 Å². The van der Waals surface area contributed by atoms with Crippen LogP contribution in [0.15, 0.2) is 29.6 Å². The van der Waals surface area contributed by atoms with Crippen molar-refractivity contribution in [2.24, 2.45) is 23.5 Å². The summed E-state index contributed by atoms with van der Waals surface area (Å²) in [4.78, 5) is 71.7. The average molecular weight is 758 g/mol. The number of carbonyl (C=O) groups is 5. The molecule has 1 unspecified atom stereocenters. The molecule has 1 aromatic carbocycles. The molecular formula is C39H59N5O8S. The number of nitrogens with zero attached hydrogens (tertiary/aromatic N) is 3. The summed E-state index contributed by atoms with van der Waals surface area (Å²) < 4.78 is 10.7. The number of ether oxygens (including phenoxy) is 2. The summed E-state index contributed by atoms with van der Waals surface area (Å²) in [6.07, 6.45) is 2.22. The fourth-order valence-corrected chi connectivity index (χ4v) is 7.89. The number of hydrogen-bond donors (Lipinski definition) is 3. The van der Waals surface area contributed by atoms with E-state index in [0.717, 1.165) is 24.0 Å². The molecule has 0 spiro atoms. The monoisotopic (exact) mass is 757 g/mol. The van der Waals surface area contributed by atoms with Crippen LogP contribution in [0.4, 0.5) is 0 Å². The second-order valence-electron chi connectivity index (χ2n) is 15.1. The van der Waals surface area contributed by atoms with Crippen molar-refractivity contribution >= 4 is 41.1 Å². The van der Waals surface area contributed by atoms with Crippen molar-refractivity contribution in [2.45, 2.75) is 123 Å². The fourth-order valence-electron chi connectivity index (χ4n) is 7.05. The molecule has 53 heavy (non-hydrogen) atoms. The Morgan fingerprint density at radius 2 is 1.77 bits per heavy atom. The molecule has 1 aromatic heterocycles. The number of nitrogens with one attached hydrogen (secondary N) is 1. The van der Waals surface area contributed by atoms with Crippen LogP contribution in [0.1, 0.15) is 119 Å². The van der Waals surface area contributed by atoms with Gasteiger partial charge in [0.25, 0.3) is 5.91 Å².